The molecule has 0 saturated heterocycles. The van der Waals surface area contributed by atoms with Crippen LogP contribution in [0.3, 0.4) is 0 Å². The summed E-state index contributed by atoms with van der Waals surface area (Å²) in [5.74, 6) is 0. The van der Waals surface area contributed by atoms with E-state index in [1.165, 1.54) is 22.0 Å². The first-order valence-corrected chi connectivity index (χ1v) is 6.39. The van der Waals surface area contributed by atoms with E-state index in [2.05, 4.69) is 50.2 Å². The number of H-pyrrole nitrogens is 1. The number of aromatic amines is 1. The van der Waals surface area contributed by atoms with Gasteiger partial charge in [-0.1, -0.05) is 26.8 Å². The second-order valence-corrected chi connectivity index (χ2v) is 5.36. The van der Waals surface area contributed by atoms with Gasteiger partial charge < -0.3 is 10.7 Å². The zero-order valence-electron chi connectivity index (χ0n) is 11.0. The van der Waals surface area contributed by atoms with Gasteiger partial charge in [-0.25, -0.2) is 0 Å². The monoisotopic (exact) mass is 230 g/mol. The van der Waals surface area contributed by atoms with Gasteiger partial charge in [0.25, 0.3) is 0 Å². The fourth-order valence-corrected chi connectivity index (χ4v) is 2.44. The Kier molecular flexibility index (Phi) is 3.25. The summed E-state index contributed by atoms with van der Waals surface area (Å²) in [6.07, 6.45) is 4.23. The van der Waals surface area contributed by atoms with Crippen molar-refractivity contribution in [3.05, 3.63) is 35.5 Å². The lowest BCUT2D eigenvalue weighted by Crippen LogP contribution is -2.21. The van der Waals surface area contributed by atoms with E-state index in [4.69, 9.17) is 5.73 Å². The molecule has 1 heterocycles. The van der Waals surface area contributed by atoms with E-state index in [1.807, 2.05) is 0 Å². The van der Waals surface area contributed by atoms with E-state index in [9.17, 15) is 0 Å². The van der Waals surface area contributed by atoms with Crippen LogP contribution >= 0.6 is 0 Å². The molecule has 0 aliphatic rings. The van der Waals surface area contributed by atoms with Crippen LogP contribution in [0.2, 0.25) is 0 Å². The Morgan fingerprint density at radius 3 is 2.71 bits per heavy atom. The van der Waals surface area contributed by atoms with Gasteiger partial charge in [-0.05, 0) is 48.1 Å². The second-order valence-electron chi connectivity index (χ2n) is 5.36. The highest BCUT2D eigenvalue weighted by Crippen LogP contribution is 2.33. The van der Waals surface area contributed by atoms with Crippen molar-refractivity contribution in [3.63, 3.8) is 0 Å². The Balaban J connectivity index is 2.54. The lowest BCUT2D eigenvalue weighted by Gasteiger charge is -2.23. The number of hydrogen-bond acceptors (Lipinski definition) is 1. The van der Waals surface area contributed by atoms with Crippen LogP contribution in [0.4, 0.5) is 0 Å². The van der Waals surface area contributed by atoms with Crippen LogP contribution < -0.4 is 5.73 Å². The summed E-state index contributed by atoms with van der Waals surface area (Å²) in [6, 6.07) is 6.67. The Morgan fingerprint density at radius 2 is 2.06 bits per heavy atom. The van der Waals surface area contributed by atoms with Gasteiger partial charge in [0.2, 0.25) is 0 Å². The third-order valence-electron chi connectivity index (χ3n) is 3.65. The highest BCUT2D eigenvalue weighted by atomic mass is 14.7. The maximum Gasteiger partial charge on any atom is 0.0457 e. The molecule has 17 heavy (non-hydrogen) atoms. The smallest absolute Gasteiger partial charge is 0.0457 e. The minimum absolute atomic E-state index is 0.138. The first kappa shape index (κ1) is 12.2. The largest absolute Gasteiger partial charge is 0.361 e. The lowest BCUT2D eigenvalue weighted by atomic mass is 9.81. The molecule has 2 rings (SSSR count). The average Bonchev–Trinajstić information content (AvgIpc) is 2.71. The second kappa shape index (κ2) is 4.53. The molecule has 0 amide bonds. The molecule has 2 nitrogen and oxygen atoms in total. The van der Waals surface area contributed by atoms with E-state index < -0.39 is 0 Å². The maximum atomic E-state index is 5.71. The van der Waals surface area contributed by atoms with Gasteiger partial charge in [0, 0.05) is 17.1 Å². The zero-order valence-corrected chi connectivity index (χ0v) is 11.0. The van der Waals surface area contributed by atoms with Gasteiger partial charge in [0.05, 0.1) is 0 Å². The van der Waals surface area contributed by atoms with Crippen molar-refractivity contribution < 1.29 is 0 Å². The van der Waals surface area contributed by atoms with Crippen molar-refractivity contribution in [1.29, 1.82) is 0 Å². The maximum absolute atomic E-state index is 5.71. The third kappa shape index (κ3) is 2.22. The first-order chi connectivity index (χ1) is 8.08. The Labute approximate surface area is 103 Å². The van der Waals surface area contributed by atoms with Crippen LogP contribution in [0.25, 0.3) is 10.9 Å². The van der Waals surface area contributed by atoms with Gasteiger partial charge >= 0.3 is 0 Å². The van der Waals surface area contributed by atoms with E-state index >= 15 is 0 Å². The number of rotatable bonds is 4. The molecule has 0 spiro atoms. The number of nitrogens with one attached hydrogen (secondary N) is 1. The van der Waals surface area contributed by atoms with Crippen molar-refractivity contribution >= 4 is 10.9 Å². The predicted octanol–water partition coefficient (Wildman–Crippen LogP) is 3.36. The van der Waals surface area contributed by atoms with Crippen molar-refractivity contribution in [2.45, 2.75) is 39.0 Å². The van der Waals surface area contributed by atoms with Crippen LogP contribution in [-0.2, 0) is 11.8 Å². The fraction of sp³-hybridized carbons (Fsp3) is 0.467. The molecule has 0 fully saturated rings. The van der Waals surface area contributed by atoms with E-state index in [0.29, 0.717) is 0 Å². The number of fused-ring (bicyclic) bond motifs is 1. The molecule has 0 aliphatic heterocycles. The summed E-state index contributed by atoms with van der Waals surface area (Å²) in [6.45, 7) is 7.45. The molecule has 3 N–H and O–H groups in total. The molecule has 2 heteroatoms. The topological polar surface area (TPSA) is 41.8 Å². The minimum Gasteiger partial charge on any atom is -0.361 e. The summed E-state index contributed by atoms with van der Waals surface area (Å²) in [5.41, 5.74) is 9.85. The summed E-state index contributed by atoms with van der Waals surface area (Å²) >= 11 is 0. The van der Waals surface area contributed by atoms with Crippen molar-refractivity contribution in [2.24, 2.45) is 5.73 Å². The molecule has 0 saturated carbocycles. The number of hydrogen-bond donors (Lipinski definition) is 2. The van der Waals surface area contributed by atoms with Crippen LogP contribution in [0.15, 0.2) is 24.4 Å². The molecule has 1 aromatic heterocycles. The van der Waals surface area contributed by atoms with Crippen molar-refractivity contribution in [1.82, 2.24) is 4.98 Å². The number of aromatic nitrogens is 1. The van der Waals surface area contributed by atoms with Gasteiger partial charge in [0.15, 0.2) is 0 Å². The normalized spacial score (nSPS) is 12.2. The van der Waals surface area contributed by atoms with Crippen LogP contribution in [0.5, 0.6) is 0 Å². The van der Waals surface area contributed by atoms with E-state index in [-0.39, 0.29) is 5.41 Å². The number of aryl methyl sites for hydroxylation is 1. The molecule has 2 aromatic rings. The van der Waals surface area contributed by atoms with Crippen molar-refractivity contribution in [3.8, 4) is 0 Å². The molecule has 0 radical (unpaired) electrons. The lowest BCUT2D eigenvalue weighted by molar-refractivity contribution is 0.491. The molecule has 0 bridgehead atoms. The van der Waals surface area contributed by atoms with Crippen LogP contribution in [0.1, 0.15) is 38.3 Å². The standard InChI is InChI=1S/C15H22N2/c1-4-11-5-6-14-12(9-11)13(10-17-14)15(2,3)7-8-16/h5-6,9-10,17H,4,7-8,16H2,1-3H3. The molecular formula is C15H22N2. The number of benzene rings is 1. The average molecular weight is 230 g/mol. The van der Waals surface area contributed by atoms with E-state index in [0.717, 1.165) is 19.4 Å². The number of nitrogens with two attached hydrogens (primary N) is 1. The molecule has 0 atom stereocenters. The van der Waals surface area contributed by atoms with Gasteiger partial charge in [0.1, 0.15) is 0 Å². The molecule has 92 valence electrons. The zero-order chi connectivity index (χ0) is 12.5. The Morgan fingerprint density at radius 1 is 1.29 bits per heavy atom. The summed E-state index contributed by atoms with van der Waals surface area (Å²) < 4.78 is 0. The quantitative estimate of drug-likeness (QED) is 0.831. The highest BCUT2D eigenvalue weighted by Gasteiger charge is 2.22. The van der Waals surface area contributed by atoms with Gasteiger partial charge in [-0.15, -0.1) is 0 Å². The molecule has 0 aliphatic carbocycles. The highest BCUT2D eigenvalue weighted by molar-refractivity contribution is 5.85. The molecule has 1 aromatic carbocycles. The van der Waals surface area contributed by atoms with Crippen LogP contribution in [-0.4, -0.2) is 11.5 Å². The fourth-order valence-electron chi connectivity index (χ4n) is 2.44. The molecule has 0 unspecified atom stereocenters. The van der Waals surface area contributed by atoms with Gasteiger partial charge in [-0.2, -0.15) is 0 Å². The van der Waals surface area contributed by atoms with E-state index in [1.54, 1.807) is 0 Å². The Bertz CT molecular complexity index is 509. The van der Waals surface area contributed by atoms with Gasteiger partial charge in [-0.3, -0.25) is 0 Å². The van der Waals surface area contributed by atoms with Crippen LogP contribution in [0, 0.1) is 0 Å². The molecular weight excluding hydrogens is 208 g/mol. The van der Waals surface area contributed by atoms with Crippen molar-refractivity contribution in [2.75, 3.05) is 6.54 Å². The minimum atomic E-state index is 0.138. The Hall–Kier alpha value is -1.28. The summed E-state index contributed by atoms with van der Waals surface area (Å²) in [5, 5.41) is 1.35. The summed E-state index contributed by atoms with van der Waals surface area (Å²) in [7, 11) is 0. The third-order valence-corrected chi connectivity index (χ3v) is 3.65. The predicted molar refractivity (Wildman–Crippen MR) is 74.4 cm³/mol. The first-order valence-electron chi connectivity index (χ1n) is 6.39. The SMILES string of the molecule is CCc1ccc2[nH]cc(C(C)(C)CCN)c2c1. The summed E-state index contributed by atoms with van der Waals surface area (Å²) in [4.78, 5) is 3.36.